The molecule has 19 heavy (non-hydrogen) atoms. The first-order valence-corrected chi connectivity index (χ1v) is 6.84. The molecular formula is C14H18ClN3O. The Morgan fingerprint density at radius 3 is 2.84 bits per heavy atom. The number of nitrogens with zero attached hydrogens (tertiary/aromatic N) is 3. The van der Waals surface area contributed by atoms with Crippen LogP contribution in [0.15, 0.2) is 17.8 Å². The van der Waals surface area contributed by atoms with E-state index < -0.39 is 0 Å². The van der Waals surface area contributed by atoms with E-state index in [4.69, 9.17) is 11.6 Å². The third-order valence-corrected chi connectivity index (χ3v) is 3.38. The first-order valence-electron chi connectivity index (χ1n) is 6.46. The van der Waals surface area contributed by atoms with Crippen molar-refractivity contribution in [3.05, 3.63) is 34.4 Å². The number of rotatable bonds is 2. The molecule has 2 heterocycles. The predicted octanol–water partition coefficient (Wildman–Crippen LogP) is 3.05. The lowest BCUT2D eigenvalue weighted by atomic mass is 10.1. The van der Waals surface area contributed by atoms with E-state index in [0.717, 1.165) is 6.42 Å². The van der Waals surface area contributed by atoms with Crippen molar-refractivity contribution in [2.45, 2.75) is 33.1 Å². The van der Waals surface area contributed by atoms with E-state index in [1.807, 2.05) is 20.8 Å². The van der Waals surface area contributed by atoms with Crippen LogP contribution in [0.2, 0.25) is 5.02 Å². The van der Waals surface area contributed by atoms with Gasteiger partial charge in [0.15, 0.2) is 5.69 Å². The van der Waals surface area contributed by atoms with E-state index >= 15 is 0 Å². The molecule has 1 aliphatic heterocycles. The first kappa shape index (κ1) is 14.0. The summed E-state index contributed by atoms with van der Waals surface area (Å²) in [7, 11) is 0. The molecule has 1 aromatic rings. The third kappa shape index (κ3) is 3.13. The van der Waals surface area contributed by atoms with Gasteiger partial charge in [0.1, 0.15) is 5.82 Å². The molecule has 0 fully saturated rings. The Hall–Kier alpha value is -1.42. The Balaban J connectivity index is 2.28. The number of amides is 1. The predicted molar refractivity (Wildman–Crippen MR) is 75.4 cm³/mol. The van der Waals surface area contributed by atoms with E-state index in [0.29, 0.717) is 29.6 Å². The van der Waals surface area contributed by atoms with Gasteiger partial charge in [-0.25, -0.2) is 9.97 Å². The van der Waals surface area contributed by atoms with Crippen molar-refractivity contribution in [3.8, 4) is 0 Å². The monoisotopic (exact) mass is 279 g/mol. The van der Waals surface area contributed by atoms with Crippen molar-refractivity contribution in [1.82, 2.24) is 14.9 Å². The lowest BCUT2D eigenvalue weighted by Crippen LogP contribution is -2.36. The summed E-state index contributed by atoms with van der Waals surface area (Å²) in [6.07, 6.45) is 4.56. The summed E-state index contributed by atoms with van der Waals surface area (Å²) in [5, 5.41) is 0.321. The summed E-state index contributed by atoms with van der Waals surface area (Å²) in [5.41, 5.74) is 1.52. The average Bonchev–Trinajstić information content (AvgIpc) is 2.38. The summed E-state index contributed by atoms with van der Waals surface area (Å²) in [6.45, 7) is 7.38. The molecule has 0 N–H and O–H groups in total. The maximum absolute atomic E-state index is 12.5. The number of hydrogen-bond donors (Lipinski definition) is 0. The van der Waals surface area contributed by atoms with Crippen LogP contribution in [0.4, 0.5) is 0 Å². The molecule has 0 aliphatic carbocycles. The van der Waals surface area contributed by atoms with Gasteiger partial charge in [0, 0.05) is 19.0 Å². The highest BCUT2D eigenvalue weighted by Gasteiger charge is 2.22. The zero-order valence-electron chi connectivity index (χ0n) is 11.5. The zero-order valence-corrected chi connectivity index (χ0v) is 12.2. The van der Waals surface area contributed by atoms with Gasteiger partial charge in [-0.1, -0.05) is 37.1 Å². The number of aromatic nitrogens is 2. The molecule has 4 nitrogen and oxygen atoms in total. The maximum Gasteiger partial charge on any atom is 0.274 e. The van der Waals surface area contributed by atoms with E-state index in [2.05, 4.69) is 16.0 Å². The standard InChI is InChI=1S/C14H18ClN3O/c1-9(2)13-16-7-11(15)12(17-13)14(19)18-6-4-5-10(3)8-18/h5,7,9H,4,6,8H2,1-3H3. The molecule has 5 heteroatoms. The van der Waals surface area contributed by atoms with Gasteiger partial charge in [0.25, 0.3) is 5.91 Å². The number of carbonyl (C=O) groups is 1. The minimum atomic E-state index is -0.109. The Kier molecular flexibility index (Phi) is 4.20. The molecule has 102 valence electrons. The molecule has 1 aromatic heterocycles. The second-order valence-electron chi connectivity index (χ2n) is 5.15. The number of hydrogen-bond acceptors (Lipinski definition) is 3. The molecule has 0 aromatic carbocycles. The summed E-state index contributed by atoms with van der Waals surface area (Å²) in [6, 6.07) is 0. The summed E-state index contributed by atoms with van der Waals surface area (Å²) >= 11 is 6.06. The molecule has 1 aliphatic rings. The van der Waals surface area contributed by atoms with Crippen LogP contribution in [0.3, 0.4) is 0 Å². The molecule has 0 radical (unpaired) electrons. The van der Waals surface area contributed by atoms with Crippen LogP contribution in [0.1, 0.15) is 49.4 Å². The second-order valence-corrected chi connectivity index (χ2v) is 5.55. The Bertz CT molecular complexity index is 525. The molecule has 1 amide bonds. The largest absolute Gasteiger partial charge is 0.333 e. The molecule has 2 rings (SSSR count). The van der Waals surface area contributed by atoms with Crippen LogP contribution in [0.5, 0.6) is 0 Å². The SMILES string of the molecule is CC1=CCCN(C(=O)c2nc(C(C)C)ncc2Cl)C1. The fourth-order valence-corrected chi connectivity index (χ4v) is 2.22. The topological polar surface area (TPSA) is 46.1 Å². The normalized spacial score (nSPS) is 15.6. The minimum Gasteiger partial charge on any atom is -0.333 e. The van der Waals surface area contributed by atoms with Gasteiger partial charge in [0.2, 0.25) is 0 Å². The summed E-state index contributed by atoms with van der Waals surface area (Å²) in [4.78, 5) is 22.7. The third-order valence-electron chi connectivity index (χ3n) is 3.10. The summed E-state index contributed by atoms with van der Waals surface area (Å²) < 4.78 is 0. The van der Waals surface area contributed by atoms with Crippen LogP contribution in [0, 0.1) is 0 Å². The highest BCUT2D eigenvalue weighted by molar-refractivity contribution is 6.33. The Labute approximate surface area is 118 Å². The van der Waals surface area contributed by atoms with Gasteiger partial charge in [-0.2, -0.15) is 0 Å². The smallest absolute Gasteiger partial charge is 0.274 e. The lowest BCUT2D eigenvalue weighted by Gasteiger charge is -2.26. The maximum atomic E-state index is 12.5. The van der Waals surface area contributed by atoms with E-state index in [-0.39, 0.29) is 11.8 Å². The fraction of sp³-hybridized carbons (Fsp3) is 0.500. The minimum absolute atomic E-state index is 0.109. The van der Waals surface area contributed by atoms with Gasteiger partial charge in [0.05, 0.1) is 11.2 Å². The molecule has 0 unspecified atom stereocenters. The van der Waals surface area contributed by atoms with Crippen LogP contribution in [-0.2, 0) is 0 Å². The van der Waals surface area contributed by atoms with Gasteiger partial charge in [-0.05, 0) is 13.3 Å². The van der Waals surface area contributed by atoms with Crippen molar-refractivity contribution in [1.29, 1.82) is 0 Å². The molecular weight excluding hydrogens is 262 g/mol. The quantitative estimate of drug-likeness (QED) is 0.782. The van der Waals surface area contributed by atoms with E-state index in [9.17, 15) is 4.79 Å². The number of halogens is 1. The van der Waals surface area contributed by atoms with Crippen LogP contribution < -0.4 is 0 Å². The highest BCUT2D eigenvalue weighted by Crippen LogP contribution is 2.20. The van der Waals surface area contributed by atoms with E-state index in [1.165, 1.54) is 11.8 Å². The van der Waals surface area contributed by atoms with Crippen molar-refractivity contribution in [2.24, 2.45) is 0 Å². The summed E-state index contributed by atoms with van der Waals surface area (Å²) in [5.74, 6) is 0.713. The van der Waals surface area contributed by atoms with Gasteiger partial charge in [-0.15, -0.1) is 0 Å². The molecule has 0 saturated carbocycles. The molecule has 0 bridgehead atoms. The van der Waals surface area contributed by atoms with Gasteiger partial charge < -0.3 is 4.90 Å². The molecule has 0 saturated heterocycles. The van der Waals surface area contributed by atoms with E-state index in [1.54, 1.807) is 4.90 Å². The van der Waals surface area contributed by atoms with Gasteiger partial charge in [-0.3, -0.25) is 4.79 Å². The Morgan fingerprint density at radius 2 is 2.21 bits per heavy atom. The average molecular weight is 280 g/mol. The number of carbonyl (C=O) groups excluding carboxylic acids is 1. The highest BCUT2D eigenvalue weighted by atomic mass is 35.5. The van der Waals surface area contributed by atoms with Crippen molar-refractivity contribution < 1.29 is 4.79 Å². The molecule has 0 atom stereocenters. The van der Waals surface area contributed by atoms with Crippen LogP contribution in [-0.4, -0.2) is 33.9 Å². The molecule has 0 spiro atoms. The second kappa shape index (κ2) is 5.70. The van der Waals surface area contributed by atoms with Crippen LogP contribution >= 0.6 is 11.6 Å². The Morgan fingerprint density at radius 1 is 1.47 bits per heavy atom. The first-order chi connectivity index (χ1) is 8.99. The van der Waals surface area contributed by atoms with Crippen molar-refractivity contribution in [3.63, 3.8) is 0 Å². The van der Waals surface area contributed by atoms with Crippen LogP contribution in [0.25, 0.3) is 0 Å². The van der Waals surface area contributed by atoms with Crippen molar-refractivity contribution in [2.75, 3.05) is 13.1 Å². The zero-order chi connectivity index (χ0) is 14.0. The van der Waals surface area contributed by atoms with Crippen molar-refractivity contribution >= 4 is 17.5 Å². The lowest BCUT2D eigenvalue weighted by molar-refractivity contribution is 0.0759. The fourth-order valence-electron chi connectivity index (χ4n) is 2.04. The van der Waals surface area contributed by atoms with Gasteiger partial charge >= 0.3 is 0 Å².